The highest BCUT2D eigenvalue weighted by atomic mass is 16.6. The normalized spacial score (nSPS) is 16.5. The SMILES string of the molecule is CCOC(=O)C1(Oc2ccccc2C=O)CCC1. The first-order chi connectivity index (χ1) is 8.72. The minimum absolute atomic E-state index is 0.333. The predicted molar refractivity (Wildman–Crippen MR) is 65.7 cm³/mol. The Morgan fingerprint density at radius 3 is 2.67 bits per heavy atom. The molecule has 0 atom stereocenters. The molecule has 1 aliphatic carbocycles. The number of hydrogen-bond acceptors (Lipinski definition) is 4. The maximum atomic E-state index is 11.9. The summed E-state index contributed by atoms with van der Waals surface area (Å²) in [6.45, 7) is 2.10. The van der Waals surface area contributed by atoms with E-state index in [0.29, 0.717) is 30.8 Å². The maximum absolute atomic E-state index is 11.9. The van der Waals surface area contributed by atoms with E-state index >= 15 is 0 Å². The molecular formula is C14H16O4. The molecule has 0 N–H and O–H groups in total. The summed E-state index contributed by atoms with van der Waals surface area (Å²) >= 11 is 0. The molecule has 1 aliphatic rings. The molecule has 1 aromatic carbocycles. The van der Waals surface area contributed by atoms with Crippen molar-refractivity contribution in [2.45, 2.75) is 31.8 Å². The number of rotatable bonds is 5. The number of aldehydes is 1. The summed E-state index contributed by atoms with van der Waals surface area (Å²) in [6, 6.07) is 6.90. The van der Waals surface area contributed by atoms with Crippen LogP contribution in [0.2, 0.25) is 0 Å². The number of para-hydroxylation sites is 1. The van der Waals surface area contributed by atoms with Gasteiger partial charge in [-0.1, -0.05) is 12.1 Å². The van der Waals surface area contributed by atoms with Crippen molar-refractivity contribution in [2.24, 2.45) is 0 Å². The second kappa shape index (κ2) is 5.21. The molecule has 0 bridgehead atoms. The highest BCUT2D eigenvalue weighted by Crippen LogP contribution is 2.38. The zero-order chi connectivity index (χ0) is 13.0. The molecule has 96 valence electrons. The third kappa shape index (κ3) is 2.23. The molecule has 0 heterocycles. The molecule has 0 unspecified atom stereocenters. The molecule has 0 aliphatic heterocycles. The monoisotopic (exact) mass is 248 g/mol. The number of hydrogen-bond donors (Lipinski definition) is 0. The van der Waals surface area contributed by atoms with Gasteiger partial charge in [0.1, 0.15) is 5.75 Å². The van der Waals surface area contributed by atoms with E-state index in [0.717, 1.165) is 12.7 Å². The van der Waals surface area contributed by atoms with Gasteiger partial charge in [-0.25, -0.2) is 4.79 Å². The Bertz CT molecular complexity index is 449. The maximum Gasteiger partial charge on any atom is 0.350 e. The minimum Gasteiger partial charge on any atom is -0.475 e. The van der Waals surface area contributed by atoms with Gasteiger partial charge >= 0.3 is 5.97 Å². The Labute approximate surface area is 106 Å². The van der Waals surface area contributed by atoms with E-state index in [2.05, 4.69) is 0 Å². The molecule has 18 heavy (non-hydrogen) atoms. The highest BCUT2D eigenvalue weighted by Gasteiger charge is 2.48. The first-order valence-electron chi connectivity index (χ1n) is 6.12. The van der Waals surface area contributed by atoms with Crippen LogP contribution in [0.5, 0.6) is 5.75 Å². The van der Waals surface area contributed by atoms with Crippen LogP contribution >= 0.6 is 0 Å². The van der Waals surface area contributed by atoms with Crippen LogP contribution in [0.15, 0.2) is 24.3 Å². The number of benzene rings is 1. The second-order valence-corrected chi connectivity index (χ2v) is 4.33. The first kappa shape index (κ1) is 12.6. The number of esters is 1. The zero-order valence-electron chi connectivity index (χ0n) is 10.3. The number of carbonyl (C=O) groups excluding carboxylic acids is 2. The Hall–Kier alpha value is -1.84. The molecule has 1 aromatic rings. The predicted octanol–water partition coefficient (Wildman–Crippen LogP) is 2.36. The molecule has 0 aromatic heterocycles. The van der Waals surface area contributed by atoms with E-state index in [-0.39, 0.29) is 5.97 Å². The zero-order valence-corrected chi connectivity index (χ0v) is 10.3. The van der Waals surface area contributed by atoms with Crippen LogP contribution in [0.3, 0.4) is 0 Å². The van der Waals surface area contributed by atoms with Crippen LogP contribution in [0.25, 0.3) is 0 Å². The van der Waals surface area contributed by atoms with Crippen LogP contribution < -0.4 is 4.74 Å². The van der Waals surface area contributed by atoms with Gasteiger partial charge in [-0.2, -0.15) is 0 Å². The van der Waals surface area contributed by atoms with E-state index in [4.69, 9.17) is 9.47 Å². The van der Waals surface area contributed by atoms with Crippen LogP contribution in [0, 0.1) is 0 Å². The molecule has 0 spiro atoms. The molecule has 0 radical (unpaired) electrons. The lowest BCUT2D eigenvalue weighted by Crippen LogP contribution is -2.51. The highest BCUT2D eigenvalue weighted by molar-refractivity contribution is 5.83. The third-order valence-electron chi connectivity index (χ3n) is 3.16. The topological polar surface area (TPSA) is 52.6 Å². The van der Waals surface area contributed by atoms with E-state index in [1.54, 1.807) is 31.2 Å². The van der Waals surface area contributed by atoms with Gasteiger partial charge in [-0.3, -0.25) is 4.79 Å². The van der Waals surface area contributed by atoms with Crippen LogP contribution in [-0.2, 0) is 9.53 Å². The van der Waals surface area contributed by atoms with Gasteiger partial charge < -0.3 is 9.47 Å². The second-order valence-electron chi connectivity index (χ2n) is 4.33. The lowest BCUT2D eigenvalue weighted by Gasteiger charge is -2.39. The van der Waals surface area contributed by atoms with Gasteiger partial charge in [0.2, 0.25) is 5.60 Å². The van der Waals surface area contributed by atoms with Crippen LogP contribution in [0.4, 0.5) is 0 Å². The molecule has 2 rings (SSSR count). The van der Waals surface area contributed by atoms with E-state index < -0.39 is 5.60 Å². The van der Waals surface area contributed by atoms with E-state index in [1.807, 2.05) is 0 Å². The van der Waals surface area contributed by atoms with Crippen molar-refractivity contribution in [3.05, 3.63) is 29.8 Å². The van der Waals surface area contributed by atoms with Gasteiger partial charge in [0.15, 0.2) is 6.29 Å². The quantitative estimate of drug-likeness (QED) is 0.593. The summed E-state index contributed by atoms with van der Waals surface area (Å²) in [5.74, 6) is 0.109. The smallest absolute Gasteiger partial charge is 0.350 e. The summed E-state index contributed by atoms with van der Waals surface area (Å²) < 4.78 is 10.8. The van der Waals surface area contributed by atoms with Crippen molar-refractivity contribution < 1.29 is 19.1 Å². The molecular weight excluding hydrogens is 232 g/mol. The number of ether oxygens (including phenoxy) is 2. The van der Waals surface area contributed by atoms with E-state index in [1.165, 1.54) is 0 Å². The molecule has 1 fully saturated rings. The van der Waals surface area contributed by atoms with Gasteiger partial charge in [0.25, 0.3) is 0 Å². The molecule has 1 saturated carbocycles. The van der Waals surface area contributed by atoms with E-state index in [9.17, 15) is 9.59 Å². The lowest BCUT2D eigenvalue weighted by molar-refractivity contribution is -0.169. The molecule has 0 amide bonds. The van der Waals surface area contributed by atoms with Gasteiger partial charge in [0, 0.05) is 0 Å². The molecule has 0 saturated heterocycles. The summed E-state index contributed by atoms with van der Waals surface area (Å²) in [5, 5.41) is 0. The van der Waals surface area contributed by atoms with Crippen molar-refractivity contribution in [1.29, 1.82) is 0 Å². The third-order valence-corrected chi connectivity index (χ3v) is 3.16. The average molecular weight is 248 g/mol. The Morgan fingerprint density at radius 1 is 1.39 bits per heavy atom. The van der Waals surface area contributed by atoms with Gasteiger partial charge in [0.05, 0.1) is 12.2 Å². The van der Waals surface area contributed by atoms with Crippen molar-refractivity contribution in [1.82, 2.24) is 0 Å². The van der Waals surface area contributed by atoms with Gasteiger partial charge in [-0.05, 0) is 38.3 Å². The van der Waals surface area contributed by atoms with Crippen LogP contribution in [-0.4, -0.2) is 24.5 Å². The van der Waals surface area contributed by atoms with Crippen molar-refractivity contribution in [3.63, 3.8) is 0 Å². The summed E-state index contributed by atoms with van der Waals surface area (Å²) in [5.41, 5.74) is -0.442. The standard InChI is InChI=1S/C14H16O4/c1-2-17-13(16)14(8-5-9-14)18-12-7-4-3-6-11(12)10-15/h3-4,6-7,10H,2,5,8-9H2,1H3. The summed E-state index contributed by atoms with van der Waals surface area (Å²) in [7, 11) is 0. The fourth-order valence-electron chi connectivity index (χ4n) is 1.99. The average Bonchev–Trinajstić information content (AvgIpc) is 2.34. The number of carbonyl (C=O) groups is 2. The summed E-state index contributed by atoms with van der Waals surface area (Å²) in [6.07, 6.45) is 2.94. The van der Waals surface area contributed by atoms with Crippen molar-refractivity contribution in [2.75, 3.05) is 6.61 Å². The molecule has 4 nitrogen and oxygen atoms in total. The lowest BCUT2D eigenvalue weighted by atomic mass is 9.80. The Morgan fingerprint density at radius 2 is 2.11 bits per heavy atom. The first-order valence-corrected chi connectivity index (χ1v) is 6.12. The summed E-state index contributed by atoms with van der Waals surface area (Å²) in [4.78, 5) is 22.8. The largest absolute Gasteiger partial charge is 0.475 e. The van der Waals surface area contributed by atoms with Gasteiger partial charge in [-0.15, -0.1) is 0 Å². The van der Waals surface area contributed by atoms with Crippen LogP contribution in [0.1, 0.15) is 36.5 Å². The molecule has 4 heteroatoms. The fraction of sp³-hybridized carbons (Fsp3) is 0.429. The van der Waals surface area contributed by atoms with Crippen molar-refractivity contribution in [3.8, 4) is 5.75 Å². The minimum atomic E-state index is -0.894. The fourth-order valence-corrected chi connectivity index (χ4v) is 1.99. The Kier molecular flexibility index (Phi) is 3.65. The van der Waals surface area contributed by atoms with Crippen molar-refractivity contribution >= 4 is 12.3 Å². The Balaban J connectivity index is 2.20.